The van der Waals surface area contributed by atoms with Crippen LogP contribution in [0.5, 0.6) is 0 Å². The molecule has 0 unspecified atom stereocenters. The average molecular weight is 368 g/mol. The van der Waals surface area contributed by atoms with E-state index in [1.54, 1.807) is 4.90 Å². The van der Waals surface area contributed by atoms with Gasteiger partial charge in [-0.1, -0.05) is 42.1 Å². The van der Waals surface area contributed by atoms with Crippen molar-refractivity contribution in [1.29, 1.82) is 10.5 Å². The zero-order valence-corrected chi connectivity index (χ0v) is 15.4. The number of nitrogens with zero attached hydrogens (tertiary/aromatic N) is 6. The summed E-state index contributed by atoms with van der Waals surface area (Å²) in [6.07, 6.45) is 0.510. The highest BCUT2D eigenvalue weighted by molar-refractivity contribution is 7.99. The van der Waals surface area contributed by atoms with Crippen LogP contribution in [-0.2, 0) is 11.3 Å². The van der Waals surface area contributed by atoms with Gasteiger partial charge in [0.25, 0.3) is 0 Å². The Balaban J connectivity index is 2.06. The minimum absolute atomic E-state index is 0.104. The number of rotatable bonds is 9. The van der Waals surface area contributed by atoms with Crippen LogP contribution < -0.4 is 0 Å². The highest BCUT2D eigenvalue weighted by atomic mass is 32.2. The molecule has 1 aromatic heterocycles. The third kappa shape index (κ3) is 5.08. The van der Waals surface area contributed by atoms with Crippen LogP contribution in [0.2, 0.25) is 0 Å². The Hall–Kier alpha value is -2.84. The molecule has 0 spiro atoms. The van der Waals surface area contributed by atoms with E-state index in [0.717, 1.165) is 11.4 Å². The third-order valence-electron chi connectivity index (χ3n) is 3.73. The second-order valence-corrected chi connectivity index (χ2v) is 6.34. The van der Waals surface area contributed by atoms with E-state index in [-0.39, 0.29) is 24.5 Å². The second kappa shape index (κ2) is 10.2. The predicted molar refractivity (Wildman–Crippen MR) is 98.9 cm³/mol. The molecule has 134 valence electrons. The van der Waals surface area contributed by atoms with Crippen molar-refractivity contribution in [2.45, 2.75) is 31.5 Å². The van der Waals surface area contributed by atoms with Crippen LogP contribution in [0.15, 0.2) is 35.5 Å². The standard InChI is InChI=1S/C18H20N6OS/c1-2-24-17(15-8-4-3-5-9-15)21-22-18(24)26-14-16(25)23(12-6-10-19)13-7-11-20/h3-5,8-9H,2,6-7,12-14H2,1H3. The van der Waals surface area contributed by atoms with Crippen molar-refractivity contribution in [2.75, 3.05) is 18.8 Å². The van der Waals surface area contributed by atoms with Crippen molar-refractivity contribution in [2.24, 2.45) is 0 Å². The van der Waals surface area contributed by atoms with Crippen molar-refractivity contribution < 1.29 is 4.79 Å². The second-order valence-electron chi connectivity index (χ2n) is 5.40. The number of nitriles is 2. The Bertz CT molecular complexity index is 787. The fraction of sp³-hybridized carbons (Fsp3) is 0.389. The Kier molecular flexibility index (Phi) is 7.66. The summed E-state index contributed by atoms with van der Waals surface area (Å²) in [6.45, 7) is 3.38. The van der Waals surface area contributed by atoms with Crippen LogP contribution in [0.25, 0.3) is 11.4 Å². The molecule has 1 heterocycles. The lowest BCUT2D eigenvalue weighted by molar-refractivity contribution is -0.128. The van der Waals surface area contributed by atoms with Gasteiger partial charge in [0.05, 0.1) is 30.7 Å². The summed E-state index contributed by atoms with van der Waals surface area (Å²) in [5, 5.41) is 26.6. The van der Waals surface area contributed by atoms with Gasteiger partial charge in [0.15, 0.2) is 11.0 Å². The molecule has 0 aliphatic heterocycles. The highest BCUT2D eigenvalue weighted by Gasteiger charge is 2.17. The lowest BCUT2D eigenvalue weighted by atomic mass is 10.2. The molecule has 0 saturated heterocycles. The molecule has 26 heavy (non-hydrogen) atoms. The molecule has 7 nitrogen and oxygen atoms in total. The number of amides is 1. The summed E-state index contributed by atoms with van der Waals surface area (Å²) in [4.78, 5) is 14.0. The van der Waals surface area contributed by atoms with Crippen molar-refractivity contribution in [3.8, 4) is 23.5 Å². The number of hydrogen-bond acceptors (Lipinski definition) is 6. The maximum atomic E-state index is 12.4. The topological polar surface area (TPSA) is 98.6 Å². The molecule has 0 bridgehead atoms. The summed E-state index contributed by atoms with van der Waals surface area (Å²) in [5.74, 6) is 0.866. The van der Waals surface area contributed by atoms with Gasteiger partial charge in [-0.15, -0.1) is 10.2 Å². The summed E-state index contributed by atoms with van der Waals surface area (Å²) in [7, 11) is 0. The zero-order valence-electron chi connectivity index (χ0n) is 14.6. The van der Waals surface area contributed by atoms with Gasteiger partial charge in [-0.3, -0.25) is 4.79 Å². The quantitative estimate of drug-likeness (QED) is 0.631. The lowest BCUT2D eigenvalue weighted by Gasteiger charge is -2.20. The first-order valence-corrected chi connectivity index (χ1v) is 9.32. The first-order chi connectivity index (χ1) is 12.7. The molecule has 2 aromatic rings. The molecule has 1 aromatic carbocycles. The maximum Gasteiger partial charge on any atom is 0.233 e. The lowest BCUT2D eigenvalue weighted by Crippen LogP contribution is -2.34. The van der Waals surface area contributed by atoms with Crippen LogP contribution in [0.4, 0.5) is 0 Å². The van der Waals surface area contributed by atoms with Crippen molar-refractivity contribution in [1.82, 2.24) is 19.7 Å². The largest absolute Gasteiger partial charge is 0.340 e. The van der Waals surface area contributed by atoms with Crippen LogP contribution in [0.3, 0.4) is 0 Å². The SMILES string of the molecule is CCn1c(SCC(=O)N(CCC#N)CCC#N)nnc1-c1ccccc1. The maximum absolute atomic E-state index is 12.4. The van der Waals surface area contributed by atoms with E-state index in [4.69, 9.17) is 10.5 Å². The van der Waals surface area contributed by atoms with Gasteiger partial charge in [0, 0.05) is 25.2 Å². The fourth-order valence-electron chi connectivity index (χ4n) is 2.43. The number of aromatic nitrogens is 3. The van der Waals surface area contributed by atoms with E-state index in [2.05, 4.69) is 10.2 Å². The molecular weight excluding hydrogens is 348 g/mol. The molecular formula is C18H20N6OS. The van der Waals surface area contributed by atoms with Gasteiger partial charge in [-0.2, -0.15) is 10.5 Å². The van der Waals surface area contributed by atoms with Gasteiger partial charge in [-0.05, 0) is 6.92 Å². The third-order valence-corrected chi connectivity index (χ3v) is 4.68. The molecule has 0 atom stereocenters. The number of carbonyl (C=O) groups is 1. The minimum Gasteiger partial charge on any atom is -0.340 e. The van der Waals surface area contributed by atoms with Gasteiger partial charge < -0.3 is 9.47 Å². The molecule has 8 heteroatoms. The van der Waals surface area contributed by atoms with E-state index in [1.165, 1.54) is 11.8 Å². The summed E-state index contributed by atoms with van der Waals surface area (Å²) in [5.41, 5.74) is 0.977. The first kappa shape index (κ1) is 19.5. The van der Waals surface area contributed by atoms with Gasteiger partial charge in [-0.25, -0.2) is 0 Å². The predicted octanol–water partition coefficient (Wildman–Crippen LogP) is 2.71. The molecule has 1 amide bonds. The smallest absolute Gasteiger partial charge is 0.233 e. The number of thioether (sulfide) groups is 1. The van der Waals surface area contributed by atoms with Gasteiger partial charge in [0.2, 0.25) is 5.91 Å². The van der Waals surface area contributed by atoms with Crippen molar-refractivity contribution >= 4 is 17.7 Å². The van der Waals surface area contributed by atoms with E-state index in [1.807, 2.05) is 54.0 Å². The minimum atomic E-state index is -0.104. The van der Waals surface area contributed by atoms with E-state index in [0.29, 0.717) is 24.8 Å². The van der Waals surface area contributed by atoms with Crippen LogP contribution in [-0.4, -0.2) is 44.4 Å². The van der Waals surface area contributed by atoms with Gasteiger partial charge in [0.1, 0.15) is 0 Å². The average Bonchev–Trinajstić information content (AvgIpc) is 3.09. The van der Waals surface area contributed by atoms with Gasteiger partial charge >= 0.3 is 0 Å². The summed E-state index contributed by atoms with van der Waals surface area (Å²) in [6, 6.07) is 13.9. The van der Waals surface area contributed by atoms with Crippen molar-refractivity contribution in [3.05, 3.63) is 30.3 Å². The Morgan fingerprint density at radius 2 is 1.81 bits per heavy atom. The van der Waals surface area contributed by atoms with Crippen molar-refractivity contribution in [3.63, 3.8) is 0 Å². The monoisotopic (exact) mass is 368 g/mol. The van der Waals surface area contributed by atoms with Crippen LogP contribution >= 0.6 is 11.8 Å². The number of benzene rings is 1. The molecule has 2 rings (SSSR count). The Labute approximate surface area is 157 Å². The molecule has 0 N–H and O–H groups in total. The Morgan fingerprint density at radius 1 is 1.15 bits per heavy atom. The van der Waals surface area contributed by atoms with Crippen LogP contribution in [0, 0.1) is 22.7 Å². The fourth-order valence-corrected chi connectivity index (χ4v) is 3.34. The molecule has 0 saturated carbocycles. The highest BCUT2D eigenvalue weighted by Crippen LogP contribution is 2.24. The zero-order chi connectivity index (χ0) is 18.8. The molecule has 0 fully saturated rings. The Morgan fingerprint density at radius 3 is 2.38 bits per heavy atom. The van der Waals surface area contributed by atoms with E-state index >= 15 is 0 Å². The van der Waals surface area contributed by atoms with Crippen LogP contribution in [0.1, 0.15) is 19.8 Å². The molecule has 0 aliphatic rings. The number of hydrogen-bond donors (Lipinski definition) is 0. The normalized spacial score (nSPS) is 10.1. The molecule has 0 radical (unpaired) electrons. The number of carbonyl (C=O) groups excluding carboxylic acids is 1. The molecule has 0 aliphatic carbocycles. The summed E-state index contributed by atoms with van der Waals surface area (Å²) < 4.78 is 1.97. The van der Waals surface area contributed by atoms with E-state index in [9.17, 15) is 4.79 Å². The first-order valence-electron chi connectivity index (χ1n) is 8.34. The van der Waals surface area contributed by atoms with E-state index < -0.39 is 0 Å². The summed E-state index contributed by atoms with van der Waals surface area (Å²) >= 11 is 1.32.